The highest BCUT2D eigenvalue weighted by molar-refractivity contribution is 7.92. The number of nitrogens with zero attached hydrogens (tertiary/aromatic N) is 2. The third-order valence-electron chi connectivity index (χ3n) is 5.79. The van der Waals surface area contributed by atoms with Crippen LogP contribution in [-0.4, -0.2) is 20.5 Å². The fourth-order valence-electron chi connectivity index (χ4n) is 4.27. The molecule has 35 heavy (non-hydrogen) atoms. The van der Waals surface area contributed by atoms with E-state index in [-0.39, 0.29) is 9.79 Å². The maximum absolute atomic E-state index is 13.6. The van der Waals surface area contributed by atoms with Crippen LogP contribution in [0.5, 0.6) is 0 Å². The van der Waals surface area contributed by atoms with Gasteiger partial charge < -0.3 is 11.5 Å². The van der Waals surface area contributed by atoms with Crippen molar-refractivity contribution in [3.05, 3.63) is 97.1 Å². The van der Waals surface area contributed by atoms with Crippen LogP contribution in [0.4, 0.5) is 32.3 Å². The molecule has 5 rings (SSSR count). The van der Waals surface area contributed by atoms with Crippen molar-refractivity contribution in [2.24, 2.45) is 11.5 Å². The van der Waals surface area contributed by atoms with E-state index in [2.05, 4.69) is 0 Å². The van der Waals surface area contributed by atoms with Gasteiger partial charge in [0.1, 0.15) is 0 Å². The first kappa shape index (κ1) is 22.2. The third kappa shape index (κ3) is 3.68. The van der Waals surface area contributed by atoms with E-state index in [0.717, 1.165) is 0 Å². The molecule has 9 heteroatoms. The second-order valence-electron chi connectivity index (χ2n) is 7.88. The predicted molar refractivity (Wildman–Crippen MR) is 134 cm³/mol. The molecule has 0 saturated carbocycles. The van der Waals surface area contributed by atoms with E-state index in [1.54, 1.807) is 84.9 Å². The van der Waals surface area contributed by atoms with E-state index in [0.29, 0.717) is 33.9 Å². The van der Waals surface area contributed by atoms with Crippen LogP contribution < -0.4 is 21.3 Å². The lowest BCUT2D eigenvalue weighted by atomic mass is 10.0. The summed E-state index contributed by atoms with van der Waals surface area (Å²) in [7, 11) is -3.95. The van der Waals surface area contributed by atoms with Gasteiger partial charge in [-0.05, 0) is 48.5 Å². The Morgan fingerprint density at radius 1 is 0.543 bits per heavy atom. The topological polar surface area (TPSA) is 127 Å². The summed E-state index contributed by atoms with van der Waals surface area (Å²) in [6, 6.07) is 25.4. The molecule has 0 fully saturated rings. The van der Waals surface area contributed by atoms with Gasteiger partial charge in [0.05, 0.1) is 32.5 Å². The maximum Gasteiger partial charge on any atom is 0.323 e. The van der Waals surface area contributed by atoms with Gasteiger partial charge in [-0.3, -0.25) is 9.80 Å². The van der Waals surface area contributed by atoms with Gasteiger partial charge in [0.15, 0.2) is 0 Å². The molecule has 0 atom stereocenters. The Bertz CT molecular complexity index is 1460. The number of hydrogen-bond acceptors (Lipinski definition) is 4. The smallest absolute Gasteiger partial charge is 0.323 e. The number of carbonyl (C=O) groups excluding carboxylic acids is 2. The Morgan fingerprint density at radius 2 is 0.914 bits per heavy atom. The minimum Gasteiger partial charge on any atom is -0.351 e. The maximum atomic E-state index is 13.6. The molecule has 4 N–H and O–H groups in total. The number of primary amides is 2. The molecule has 4 aromatic carbocycles. The number of fused-ring (bicyclic) bond motifs is 3. The molecule has 1 aliphatic rings. The highest BCUT2D eigenvalue weighted by atomic mass is 32.2. The number of amides is 4. The molecule has 8 nitrogen and oxygen atoms in total. The zero-order valence-electron chi connectivity index (χ0n) is 18.3. The summed E-state index contributed by atoms with van der Waals surface area (Å²) in [6.45, 7) is 0. The van der Waals surface area contributed by atoms with Crippen molar-refractivity contribution in [3.8, 4) is 11.1 Å². The van der Waals surface area contributed by atoms with E-state index in [4.69, 9.17) is 11.5 Å². The van der Waals surface area contributed by atoms with Crippen LogP contribution >= 0.6 is 0 Å². The Kier molecular flexibility index (Phi) is 5.26. The fraction of sp³-hybridized carbons (Fsp3) is 0. The van der Waals surface area contributed by atoms with Crippen molar-refractivity contribution >= 4 is 44.6 Å². The van der Waals surface area contributed by atoms with Gasteiger partial charge in [-0.25, -0.2) is 18.0 Å². The van der Waals surface area contributed by atoms with Crippen molar-refractivity contribution < 1.29 is 18.0 Å². The van der Waals surface area contributed by atoms with Crippen LogP contribution in [0, 0.1) is 0 Å². The first-order valence-corrected chi connectivity index (χ1v) is 12.1. The van der Waals surface area contributed by atoms with E-state index >= 15 is 0 Å². The number of urea groups is 2. The molecule has 1 aliphatic heterocycles. The molecular weight excluding hydrogens is 464 g/mol. The fourth-order valence-corrected chi connectivity index (χ4v) is 5.99. The minimum atomic E-state index is -3.95. The van der Waals surface area contributed by atoms with Crippen molar-refractivity contribution in [1.29, 1.82) is 0 Å². The van der Waals surface area contributed by atoms with Crippen molar-refractivity contribution in [2.75, 3.05) is 9.80 Å². The number of carbonyl (C=O) groups is 2. The molecular formula is C26H20N4O4S. The van der Waals surface area contributed by atoms with Gasteiger partial charge in [0.2, 0.25) is 9.84 Å². The van der Waals surface area contributed by atoms with Crippen LogP contribution in [0.2, 0.25) is 0 Å². The molecule has 4 amide bonds. The molecule has 0 spiro atoms. The highest BCUT2D eigenvalue weighted by Gasteiger charge is 2.35. The molecule has 0 aliphatic carbocycles. The Morgan fingerprint density at radius 3 is 1.26 bits per heavy atom. The normalized spacial score (nSPS) is 12.9. The van der Waals surface area contributed by atoms with Crippen molar-refractivity contribution in [3.63, 3.8) is 0 Å². The zero-order valence-corrected chi connectivity index (χ0v) is 19.1. The minimum absolute atomic E-state index is 0.0506. The standard InChI is InChI=1S/C26H20N4O4S/c27-25(31)29(17-7-3-1-4-8-17)19-11-13-21-22-14-12-20(16-24(22)35(33,34)23(21)15-19)30(26(28)32)18-9-5-2-6-10-18/h1-16H,(H2,27,31)(H2,28,32). The average Bonchev–Trinajstić information content (AvgIpc) is 3.06. The predicted octanol–water partition coefficient (Wildman–Crippen LogP) is 4.93. The van der Waals surface area contributed by atoms with E-state index in [1.165, 1.54) is 21.9 Å². The number of sulfone groups is 1. The van der Waals surface area contributed by atoms with Crippen LogP contribution in [0.25, 0.3) is 11.1 Å². The second kappa shape index (κ2) is 8.30. The first-order chi connectivity index (χ1) is 16.8. The largest absolute Gasteiger partial charge is 0.351 e. The summed E-state index contributed by atoms with van der Waals surface area (Å²) in [5.41, 5.74) is 13.9. The van der Waals surface area contributed by atoms with E-state index < -0.39 is 21.9 Å². The highest BCUT2D eigenvalue weighted by Crippen LogP contribution is 2.46. The number of nitrogens with two attached hydrogens (primary N) is 2. The average molecular weight is 485 g/mol. The van der Waals surface area contributed by atoms with E-state index in [9.17, 15) is 18.0 Å². The second-order valence-corrected chi connectivity index (χ2v) is 9.77. The zero-order chi connectivity index (χ0) is 24.7. The summed E-state index contributed by atoms with van der Waals surface area (Å²) in [4.78, 5) is 27.1. The van der Waals surface area contributed by atoms with Crippen molar-refractivity contribution in [1.82, 2.24) is 0 Å². The first-order valence-electron chi connectivity index (χ1n) is 10.6. The number of benzene rings is 4. The number of para-hydroxylation sites is 2. The van der Waals surface area contributed by atoms with Crippen LogP contribution in [-0.2, 0) is 9.84 Å². The summed E-state index contributed by atoms with van der Waals surface area (Å²) in [5, 5.41) is 0. The van der Waals surface area contributed by atoms with Gasteiger partial charge in [0, 0.05) is 11.1 Å². The summed E-state index contributed by atoms with van der Waals surface area (Å²) >= 11 is 0. The summed E-state index contributed by atoms with van der Waals surface area (Å²) in [6.07, 6.45) is 0. The Balaban J connectivity index is 1.62. The summed E-state index contributed by atoms with van der Waals surface area (Å²) < 4.78 is 27.1. The van der Waals surface area contributed by atoms with Gasteiger partial charge in [-0.2, -0.15) is 0 Å². The molecule has 0 unspecified atom stereocenters. The number of hydrogen-bond donors (Lipinski definition) is 2. The molecule has 0 saturated heterocycles. The lowest BCUT2D eigenvalue weighted by molar-refractivity contribution is 0.255. The number of anilines is 4. The lowest BCUT2D eigenvalue weighted by Crippen LogP contribution is -2.31. The van der Waals surface area contributed by atoms with Gasteiger partial charge in [0.25, 0.3) is 0 Å². The Hall–Kier alpha value is -4.63. The number of rotatable bonds is 4. The monoisotopic (exact) mass is 484 g/mol. The van der Waals surface area contributed by atoms with Crippen LogP contribution in [0.3, 0.4) is 0 Å². The molecule has 1 heterocycles. The van der Waals surface area contributed by atoms with Gasteiger partial charge in [-0.1, -0.05) is 48.5 Å². The van der Waals surface area contributed by atoms with E-state index in [1.807, 2.05) is 0 Å². The molecule has 174 valence electrons. The van der Waals surface area contributed by atoms with Gasteiger partial charge >= 0.3 is 12.1 Å². The quantitative estimate of drug-likeness (QED) is 0.375. The third-order valence-corrected chi connectivity index (χ3v) is 7.62. The molecule has 0 bridgehead atoms. The van der Waals surface area contributed by atoms with Crippen molar-refractivity contribution in [2.45, 2.75) is 9.79 Å². The van der Waals surface area contributed by atoms with Crippen LogP contribution in [0.15, 0.2) is 107 Å². The molecule has 4 aromatic rings. The molecule has 0 radical (unpaired) electrons. The van der Waals surface area contributed by atoms with Gasteiger partial charge in [-0.15, -0.1) is 0 Å². The Labute approximate surface area is 201 Å². The SMILES string of the molecule is NC(=O)N(c1ccccc1)c1ccc2c(c1)S(=O)(=O)c1cc(N(C(N)=O)c3ccccc3)ccc1-2. The summed E-state index contributed by atoms with van der Waals surface area (Å²) in [5.74, 6) is 0. The lowest BCUT2D eigenvalue weighted by Gasteiger charge is -2.21. The molecule has 0 aromatic heterocycles. The van der Waals surface area contributed by atoms with Crippen LogP contribution in [0.1, 0.15) is 0 Å².